The first-order chi connectivity index (χ1) is 14.4. The van der Waals surface area contributed by atoms with Gasteiger partial charge in [0.05, 0.1) is 10.8 Å². The Morgan fingerprint density at radius 1 is 1.13 bits per heavy atom. The van der Waals surface area contributed by atoms with Gasteiger partial charge < -0.3 is 0 Å². The van der Waals surface area contributed by atoms with Gasteiger partial charge in [0.1, 0.15) is 0 Å². The Balaban J connectivity index is 1.56. The summed E-state index contributed by atoms with van der Waals surface area (Å²) >= 11 is 0. The van der Waals surface area contributed by atoms with Gasteiger partial charge in [0.15, 0.2) is 0 Å². The minimum absolute atomic E-state index is 0.181. The lowest BCUT2D eigenvalue weighted by molar-refractivity contribution is -0.126. The number of hydrazone groups is 1. The molecule has 1 aliphatic rings. The molecule has 1 N–H and O–H groups in total. The zero-order valence-corrected chi connectivity index (χ0v) is 18.4. The molecule has 3 rings (SSSR count). The number of carbonyl (C=O) groups excluding carboxylic acids is 1. The zero-order chi connectivity index (χ0) is 21.6. The molecule has 0 aromatic heterocycles. The third-order valence-corrected chi connectivity index (χ3v) is 7.27. The maximum absolute atomic E-state index is 12.9. The Hall–Kier alpha value is -2.51. The predicted molar refractivity (Wildman–Crippen MR) is 119 cm³/mol. The van der Waals surface area contributed by atoms with Crippen molar-refractivity contribution in [3.8, 4) is 0 Å². The standard InChI is InChI=1S/C23H29N3O3S/c1-18-10-14-22(15-11-18)30(28,29)26-16-6-9-21(17-26)23(27)25-24-19(2)12-13-20-7-4-3-5-8-20/h3-5,7-8,10-11,14-15,21H,6,9,12-13,16-17H2,1-2H3,(H,25,27)/b24-19-/t21-/m0/s1. The quantitative estimate of drug-likeness (QED) is 0.542. The molecule has 1 aliphatic heterocycles. The number of carbonyl (C=O) groups is 1. The lowest BCUT2D eigenvalue weighted by Gasteiger charge is -2.30. The SMILES string of the molecule is C/C(CCc1ccccc1)=N/NC(=O)[C@H]1CCCN(S(=O)(=O)c2ccc(C)cc2)C1. The summed E-state index contributed by atoms with van der Waals surface area (Å²) in [5.74, 6) is -0.623. The van der Waals surface area contributed by atoms with Crippen molar-refractivity contribution in [1.82, 2.24) is 9.73 Å². The summed E-state index contributed by atoms with van der Waals surface area (Å²) in [7, 11) is -3.60. The van der Waals surface area contributed by atoms with Gasteiger partial charge in [-0.1, -0.05) is 48.0 Å². The summed E-state index contributed by atoms with van der Waals surface area (Å²) in [6, 6.07) is 16.9. The number of amides is 1. The molecule has 0 radical (unpaired) electrons. The first kappa shape index (κ1) is 22.2. The largest absolute Gasteiger partial charge is 0.273 e. The van der Waals surface area contributed by atoms with Crippen molar-refractivity contribution >= 4 is 21.6 Å². The smallest absolute Gasteiger partial charge is 0.244 e. The first-order valence-corrected chi connectivity index (χ1v) is 11.7. The van der Waals surface area contributed by atoms with Crippen molar-refractivity contribution in [1.29, 1.82) is 0 Å². The number of aryl methyl sites for hydroxylation is 2. The van der Waals surface area contributed by atoms with E-state index in [1.165, 1.54) is 9.87 Å². The second-order valence-electron chi connectivity index (χ2n) is 7.82. The average molecular weight is 428 g/mol. The van der Waals surface area contributed by atoms with E-state index in [1.807, 2.05) is 32.0 Å². The molecule has 1 heterocycles. The maximum atomic E-state index is 12.9. The van der Waals surface area contributed by atoms with Crippen LogP contribution in [0.25, 0.3) is 0 Å². The number of rotatable bonds is 7. The number of benzene rings is 2. The van der Waals surface area contributed by atoms with Gasteiger partial charge in [-0.15, -0.1) is 0 Å². The molecule has 0 unspecified atom stereocenters. The molecule has 2 aromatic rings. The van der Waals surface area contributed by atoms with Gasteiger partial charge in [0, 0.05) is 18.8 Å². The van der Waals surface area contributed by atoms with Crippen molar-refractivity contribution in [2.24, 2.45) is 11.0 Å². The van der Waals surface area contributed by atoms with Crippen molar-refractivity contribution in [3.05, 3.63) is 65.7 Å². The highest BCUT2D eigenvalue weighted by Gasteiger charge is 2.33. The fourth-order valence-corrected chi connectivity index (χ4v) is 5.03. The molecule has 0 saturated carbocycles. The number of hydrogen-bond acceptors (Lipinski definition) is 4. The summed E-state index contributed by atoms with van der Waals surface area (Å²) in [6.45, 7) is 4.41. The fourth-order valence-electron chi connectivity index (χ4n) is 3.50. The van der Waals surface area contributed by atoms with Crippen LogP contribution in [0.4, 0.5) is 0 Å². The van der Waals surface area contributed by atoms with Gasteiger partial charge in [-0.25, -0.2) is 13.8 Å². The Morgan fingerprint density at radius 3 is 2.53 bits per heavy atom. The van der Waals surface area contributed by atoms with Crippen molar-refractivity contribution < 1.29 is 13.2 Å². The van der Waals surface area contributed by atoms with E-state index >= 15 is 0 Å². The Kier molecular flexibility index (Phi) is 7.39. The Labute approximate surface area is 179 Å². The second-order valence-corrected chi connectivity index (χ2v) is 9.76. The zero-order valence-electron chi connectivity index (χ0n) is 17.5. The topological polar surface area (TPSA) is 78.8 Å². The van der Waals surface area contributed by atoms with E-state index in [2.05, 4.69) is 22.7 Å². The number of piperidine rings is 1. The van der Waals surface area contributed by atoms with Crippen molar-refractivity contribution in [3.63, 3.8) is 0 Å². The highest BCUT2D eigenvalue weighted by molar-refractivity contribution is 7.89. The van der Waals surface area contributed by atoms with Gasteiger partial charge in [0.2, 0.25) is 15.9 Å². The fraction of sp³-hybridized carbons (Fsp3) is 0.391. The van der Waals surface area contributed by atoms with Crippen LogP contribution < -0.4 is 5.43 Å². The van der Waals surface area contributed by atoms with Gasteiger partial charge in [-0.05, 0) is 57.2 Å². The number of sulfonamides is 1. The van der Waals surface area contributed by atoms with Gasteiger partial charge in [-0.3, -0.25) is 4.79 Å². The lowest BCUT2D eigenvalue weighted by atomic mass is 9.99. The predicted octanol–water partition coefficient (Wildman–Crippen LogP) is 3.52. The average Bonchev–Trinajstić information content (AvgIpc) is 2.77. The molecule has 30 heavy (non-hydrogen) atoms. The minimum Gasteiger partial charge on any atom is -0.273 e. The van der Waals surface area contributed by atoms with Crippen LogP contribution in [0.5, 0.6) is 0 Å². The lowest BCUT2D eigenvalue weighted by Crippen LogP contribution is -2.44. The highest BCUT2D eigenvalue weighted by Crippen LogP contribution is 2.24. The molecule has 6 nitrogen and oxygen atoms in total. The van der Waals surface area contributed by atoms with Gasteiger partial charge in [0.25, 0.3) is 0 Å². The normalized spacial score (nSPS) is 18.2. The van der Waals surface area contributed by atoms with Gasteiger partial charge >= 0.3 is 0 Å². The van der Waals surface area contributed by atoms with Crippen LogP contribution in [0.3, 0.4) is 0 Å². The van der Waals surface area contributed by atoms with E-state index in [-0.39, 0.29) is 17.3 Å². The summed E-state index contributed by atoms with van der Waals surface area (Å²) in [6.07, 6.45) is 2.92. The molecule has 0 bridgehead atoms. The summed E-state index contributed by atoms with van der Waals surface area (Å²) < 4.78 is 27.3. The van der Waals surface area contributed by atoms with Crippen molar-refractivity contribution in [2.45, 2.75) is 44.4 Å². The Bertz CT molecular complexity index is 986. The van der Waals surface area contributed by atoms with Crippen LogP contribution in [-0.4, -0.2) is 37.4 Å². The molecular weight excluding hydrogens is 398 g/mol. The summed E-state index contributed by atoms with van der Waals surface area (Å²) in [5.41, 5.74) is 5.70. The van der Waals surface area contributed by atoms with Gasteiger partial charge in [-0.2, -0.15) is 9.41 Å². The van der Waals surface area contributed by atoms with Crippen LogP contribution in [0.2, 0.25) is 0 Å². The third-order valence-electron chi connectivity index (χ3n) is 5.39. The first-order valence-electron chi connectivity index (χ1n) is 10.3. The van der Waals surface area contributed by atoms with E-state index in [0.29, 0.717) is 19.4 Å². The molecule has 0 spiro atoms. The number of hydrogen-bond donors (Lipinski definition) is 1. The number of nitrogens with one attached hydrogen (secondary N) is 1. The van der Waals surface area contributed by atoms with E-state index in [0.717, 1.165) is 24.1 Å². The molecule has 7 heteroatoms. The molecule has 1 fully saturated rings. The second kappa shape index (κ2) is 10.00. The minimum atomic E-state index is -3.60. The van der Waals surface area contributed by atoms with Crippen molar-refractivity contribution in [2.75, 3.05) is 13.1 Å². The molecule has 1 saturated heterocycles. The van der Waals surface area contributed by atoms with E-state index < -0.39 is 15.9 Å². The van der Waals surface area contributed by atoms with Crippen LogP contribution in [0, 0.1) is 12.8 Å². The maximum Gasteiger partial charge on any atom is 0.244 e. The van der Waals surface area contributed by atoms with E-state index in [1.54, 1.807) is 24.3 Å². The van der Waals surface area contributed by atoms with E-state index in [4.69, 9.17) is 0 Å². The highest BCUT2D eigenvalue weighted by atomic mass is 32.2. The molecule has 160 valence electrons. The number of nitrogens with zero attached hydrogens (tertiary/aromatic N) is 2. The molecule has 1 amide bonds. The molecular formula is C23H29N3O3S. The summed E-state index contributed by atoms with van der Waals surface area (Å²) in [4.78, 5) is 12.9. The summed E-state index contributed by atoms with van der Waals surface area (Å²) in [5, 5.41) is 4.22. The van der Waals surface area contributed by atoms with Crippen LogP contribution in [0.1, 0.15) is 37.3 Å². The third kappa shape index (κ3) is 5.77. The molecule has 1 atom stereocenters. The molecule has 0 aliphatic carbocycles. The van der Waals surface area contributed by atoms with Crippen LogP contribution in [0.15, 0.2) is 64.6 Å². The Morgan fingerprint density at radius 2 is 1.83 bits per heavy atom. The monoisotopic (exact) mass is 427 g/mol. The van der Waals surface area contributed by atoms with E-state index in [9.17, 15) is 13.2 Å². The van der Waals surface area contributed by atoms with Crippen LogP contribution >= 0.6 is 0 Å². The molecule has 2 aromatic carbocycles. The van der Waals surface area contributed by atoms with Crippen LogP contribution in [-0.2, 0) is 21.2 Å².